The van der Waals surface area contributed by atoms with Gasteiger partial charge in [-0.25, -0.2) is 4.98 Å². The zero-order chi connectivity index (χ0) is 12.4. The van der Waals surface area contributed by atoms with Gasteiger partial charge in [-0.3, -0.25) is 4.79 Å². The Bertz CT molecular complexity index is 700. The molecule has 0 atom stereocenters. The molecule has 0 aliphatic heterocycles. The summed E-state index contributed by atoms with van der Waals surface area (Å²) in [7, 11) is 0. The average molecular weight is 238 g/mol. The molecule has 2 aromatic heterocycles. The normalized spacial score (nSPS) is 10.4. The number of nitrogens with zero attached hydrogens (tertiary/aromatic N) is 1. The van der Waals surface area contributed by atoms with Gasteiger partial charge in [-0.15, -0.1) is 0 Å². The quantitative estimate of drug-likeness (QED) is 0.746. The number of hydrogen-bond donors (Lipinski definition) is 1. The van der Waals surface area contributed by atoms with Gasteiger partial charge in [0.05, 0.1) is 6.26 Å². The Balaban J connectivity index is 2.15. The van der Waals surface area contributed by atoms with Crippen molar-refractivity contribution in [1.29, 1.82) is 0 Å². The monoisotopic (exact) mass is 238 g/mol. The molecule has 0 aliphatic carbocycles. The summed E-state index contributed by atoms with van der Waals surface area (Å²) in [4.78, 5) is 18.8. The topological polar surface area (TPSA) is 58.9 Å². The van der Waals surface area contributed by atoms with Gasteiger partial charge in [0, 0.05) is 11.6 Å². The fourth-order valence-electron chi connectivity index (χ4n) is 1.74. The van der Waals surface area contributed by atoms with E-state index < -0.39 is 0 Å². The van der Waals surface area contributed by atoms with Crippen LogP contribution >= 0.6 is 0 Å². The molecule has 88 valence electrons. The molecule has 4 nitrogen and oxygen atoms in total. The molecule has 4 heteroatoms. The molecular weight excluding hydrogens is 228 g/mol. The van der Waals surface area contributed by atoms with Crippen molar-refractivity contribution in [3.63, 3.8) is 0 Å². The molecule has 3 rings (SSSR count). The predicted octanol–water partition coefficient (Wildman–Crippen LogP) is 2.70. The number of benzene rings is 1. The first kappa shape index (κ1) is 10.5. The molecule has 0 unspecified atom stereocenters. The van der Waals surface area contributed by atoms with E-state index in [2.05, 4.69) is 9.97 Å². The second-order valence-corrected chi connectivity index (χ2v) is 3.82. The molecule has 0 spiro atoms. The second-order valence-electron chi connectivity index (χ2n) is 3.82. The minimum Gasteiger partial charge on any atom is -0.463 e. The maximum Gasteiger partial charge on any atom is 0.251 e. The predicted molar refractivity (Wildman–Crippen MR) is 68.0 cm³/mol. The van der Waals surface area contributed by atoms with Crippen LogP contribution in [0.5, 0.6) is 0 Å². The second kappa shape index (κ2) is 4.33. The summed E-state index contributed by atoms with van der Waals surface area (Å²) in [5.41, 5.74) is 1.20. The first-order valence-electron chi connectivity index (χ1n) is 5.53. The van der Waals surface area contributed by atoms with Crippen LogP contribution in [0, 0.1) is 0 Å². The number of aromatic nitrogens is 2. The van der Waals surface area contributed by atoms with E-state index in [4.69, 9.17) is 4.42 Å². The van der Waals surface area contributed by atoms with Crippen molar-refractivity contribution in [1.82, 2.24) is 9.97 Å². The van der Waals surface area contributed by atoms with Crippen LogP contribution in [0.3, 0.4) is 0 Å². The fourth-order valence-corrected chi connectivity index (χ4v) is 1.74. The van der Waals surface area contributed by atoms with Gasteiger partial charge in [-0.05, 0) is 12.1 Å². The third-order valence-corrected chi connectivity index (χ3v) is 2.56. The smallest absolute Gasteiger partial charge is 0.251 e. The molecule has 1 aromatic carbocycles. The highest BCUT2D eigenvalue weighted by molar-refractivity contribution is 5.59. The summed E-state index contributed by atoms with van der Waals surface area (Å²) in [6.07, 6.45) is 1.56. The largest absolute Gasteiger partial charge is 0.463 e. The number of rotatable bonds is 2. The van der Waals surface area contributed by atoms with E-state index in [9.17, 15) is 4.79 Å². The molecule has 0 aliphatic rings. The van der Waals surface area contributed by atoms with Gasteiger partial charge in [0.25, 0.3) is 5.56 Å². The Kier molecular flexibility index (Phi) is 2.53. The summed E-state index contributed by atoms with van der Waals surface area (Å²) in [5, 5.41) is 0. The number of H-pyrrole nitrogens is 1. The van der Waals surface area contributed by atoms with E-state index in [-0.39, 0.29) is 5.56 Å². The summed E-state index contributed by atoms with van der Waals surface area (Å²) in [5.74, 6) is 1.12. The highest BCUT2D eigenvalue weighted by Crippen LogP contribution is 2.19. The lowest BCUT2D eigenvalue weighted by molar-refractivity contribution is 0.580. The molecule has 0 amide bonds. The maximum absolute atomic E-state index is 11.6. The van der Waals surface area contributed by atoms with E-state index in [1.165, 1.54) is 6.07 Å². The van der Waals surface area contributed by atoms with Gasteiger partial charge in [0.1, 0.15) is 11.5 Å². The Morgan fingerprint density at radius 1 is 1.06 bits per heavy atom. The van der Waals surface area contributed by atoms with Crippen molar-refractivity contribution in [2.75, 3.05) is 0 Å². The van der Waals surface area contributed by atoms with Gasteiger partial charge in [0.2, 0.25) is 0 Å². The molecule has 0 bridgehead atoms. The van der Waals surface area contributed by atoms with Crippen LogP contribution < -0.4 is 5.56 Å². The molecule has 0 fully saturated rings. The lowest BCUT2D eigenvalue weighted by atomic mass is 10.2. The first-order chi connectivity index (χ1) is 8.83. The van der Waals surface area contributed by atoms with Crippen LogP contribution in [-0.4, -0.2) is 9.97 Å². The molecule has 2 heterocycles. The minimum atomic E-state index is -0.199. The SMILES string of the molecule is O=c1cc(-c2ccco2)nc(-c2ccccc2)[nH]1. The van der Waals surface area contributed by atoms with Crippen LogP contribution in [-0.2, 0) is 0 Å². The molecular formula is C14H10N2O2. The third kappa shape index (κ3) is 1.96. The zero-order valence-electron chi connectivity index (χ0n) is 9.46. The van der Waals surface area contributed by atoms with Gasteiger partial charge in [-0.1, -0.05) is 30.3 Å². The first-order valence-corrected chi connectivity index (χ1v) is 5.53. The molecule has 1 N–H and O–H groups in total. The highest BCUT2D eigenvalue weighted by atomic mass is 16.3. The Labute approximate surface area is 103 Å². The Morgan fingerprint density at radius 2 is 1.89 bits per heavy atom. The van der Waals surface area contributed by atoms with E-state index in [1.54, 1.807) is 18.4 Å². The lowest BCUT2D eigenvalue weighted by Gasteiger charge is -2.02. The average Bonchev–Trinajstić information content (AvgIpc) is 2.93. The maximum atomic E-state index is 11.6. The number of aromatic amines is 1. The fraction of sp³-hybridized carbons (Fsp3) is 0. The van der Waals surface area contributed by atoms with Crippen LogP contribution in [0.15, 0.2) is 64.0 Å². The Hall–Kier alpha value is -2.62. The third-order valence-electron chi connectivity index (χ3n) is 2.56. The van der Waals surface area contributed by atoms with Gasteiger partial charge >= 0.3 is 0 Å². The standard InChI is InChI=1S/C14H10N2O2/c17-13-9-11(12-7-4-8-18-12)15-14(16-13)10-5-2-1-3-6-10/h1-9H,(H,15,16,17). The van der Waals surface area contributed by atoms with Gasteiger partial charge in [-0.2, -0.15) is 0 Å². The molecule has 0 radical (unpaired) electrons. The van der Waals surface area contributed by atoms with Crippen molar-refractivity contribution >= 4 is 0 Å². The minimum absolute atomic E-state index is 0.199. The lowest BCUT2D eigenvalue weighted by Crippen LogP contribution is -2.08. The number of furan rings is 1. The molecule has 0 saturated carbocycles. The van der Waals surface area contributed by atoms with Crippen molar-refractivity contribution in [2.45, 2.75) is 0 Å². The van der Waals surface area contributed by atoms with Crippen molar-refractivity contribution < 1.29 is 4.42 Å². The van der Waals surface area contributed by atoms with E-state index >= 15 is 0 Å². The molecule has 18 heavy (non-hydrogen) atoms. The number of hydrogen-bond acceptors (Lipinski definition) is 3. The zero-order valence-corrected chi connectivity index (χ0v) is 9.46. The van der Waals surface area contributed by atoms with Crippen molar-refractivity contribution in [2.24, 2.45) is 0 Å². The van der Waals surface area contributed by atoms with Crippen LogP contribution in [0.4, 0.5) is 0 Å². The van der Waals surface area contributed by atoms with E-state index in [0.29, 0.717) is 17.3 Å². The van der Waals surface area contributed by atoms with Crippen molar-refractivity contribution in [3.8, 4) is 22.8 Å². The molecule has 0 saturated heterocycles. The van der Waals surface area contributed by atoms with Gasteiger partial charge in [0.15, 0.2) is 5.76 Å². The van der Waals surface area contributed by atoms with Crippen LogP contribution in [0.2, 0.25) is 0 Å². The van der Waals surface area contributed by atoms with Crippen molar-refractivity contribution in [3.05, 3.63) is 65.1 Å². The highest BCUT2D eigenvalue weighted by Gasteiger charge is 2.07. The van der Waals surface area contributed by atoms with Crippen LogP contribution in [0.25, 0.3) is 22.8 Å². The summed E-state index contributed by atoms with van der Waals surface area (Å²) >= 11 is 0. The van der Waals surface area contributed by atoms with E-state index in [0.717, 1.165) is 5.56 Å². The summed E-state index contributed by atoms with van der Waals surface area (Å²) < 4.78 is 5.25. The summed E-state index contributed by atoms with van der Waals surface area (Å²) in [6, 6.07) is 14.5. The number of nitrogens with one attached hydrogen (secondary N) is 1. The van der Waals surface area contributed by atoms with E-state index in [1.807, 2.05) is 30.3 Å². The van der Waals surface area contributed by atoms with Crippen LogP contribution in [0.1, 0.15) is 0 Å². The Morgan fingerprint density at radius 3 is 2.61 bits per heavy atom. The molecule has 3 aromatic rings. The summed E-state index contributed by atoms with van der Waals surface area (Å²) in [6.45, 7) is 0. The van der Waals surface area contributed by atoms with Gasteiger partial charge < -0.3 is 9.40 Å².